The van der Waals surface area contributed by atoms with Gasteiger partial charge in [-0.05, 0) is 44.7 Å². The fourth-order valence-corrected chi connectivity index (χ4v) is 4.26. The lowest BCUT2D eigenvalue weighted by molar-refractivity contribution is 0.0705. The van der Waals surface area contributed by atoms with Gasteiger partial charge in [0, 0.05) is 57.2 Å². The van der Waals surface area contributed by atoms with E-state index in [4.69, 9.17) is 0 Å². The lowest BCUT2D eigenvalue weighted by Gasteiger charge is -2.32. The van der Waals surface area contributed by atoms with Crippen LogP contribution in [0.5, 0.6) is 0 Å². The average Bonchev–Trinajstić information content (AvgIpc) is 3.37. The highest BCUT2D eigenvalue weighted by Gasteiger charge is 2.28. The summed E-state index contributed by atoms with van der Waals surface area (Å²) in [6.07, 6.45) is 7.60. The molecule has 2 saturated heterocycles. The Morgan fingerprint density at radius 2 is 1.79 bits per heavy atom. The molecule has 0 N–H and O–H groups in total. The van der Waals surface area contributed by atoms with Crippen LogP contribution in [0.2, 0.25) is 0 Å². The Morgan fingerprint density at radius 3 is 2.43 bits per heavy atom. The highest BCUT2D eigenvalue weighted by Crippen LogP contribution is 2.27. The Kier molecular flexibility index (Phi) is 5.15. The van der Waals surface area contributed by atoms with Gasteiger partial charge in [0.15, 0.2) is 0 Å². The third-order valence-corrected chi connectivity index (χ3v) is 5.80. The van der Waals surface area contributed by atoms with E-state index in [0.717, 1.165) is 56.7 Å². The van der Waals surface area contributed by atoms with Crippen LogP contribution in [0.4, 0.5) is 0 Å². The van der Waals surface area contributed by atoms with Crippen molar-refractivity contribution in [2.75, 3.05) is 26.2 Å². The average molecular weight is 381 g/mol. The Bertz CT molecular complexity index is 867. The van der Waals surface area contributed by atoms with Gasteiger partial charge in [0.1, 0.15) is 0 Å². The molecule has 148 valence electrons. The van der Waals surface area contributed by atoms with E-state index in [0.29, 0.717) is 17.7 Å². The molecular weight excluding hydrogens is 354 g/mol. The first-order valence-electron chi connectivity index (χ1n) is 10.1. The third kappa shape index (κ3) is 3.66. The molecule has 0 radical (unpaired) electrons. The van der Waals surface area contributed by atoms with Crippen LogP contribution in [0.1, 0.15) is 63.7 Å². The molecule has 7 heteroatoms. The van der Waals surface area contributed by atoms with Crippen LogP contribution in [-0.2, 0) is 7.05 Å². The molecule has 2 aliphatic rings. The maximum atomic E-state index is 12.9. The van der Waals surface area contributed by atoms with Crippen LogP contribution in [-0.4, -0.2) is 62.6 Å². The monoisotopic (exact) mass is 381 g/mol. The van der Waals surface area contributed by atoms with E-state index in [1.54, 1.807) is 17.1 Å². The van der Waals surface area contributed by atoms with E-state index in [9.17, 15) is 9.59 Å². The van der Waals surface area contributed by atoms with Gasteiger partial charge in [0.25, 0.3) is 11.8 Å². The molecule has 2 aromatic heterocycles. The topological polar surface area (TPSA) is 71.3 Å². The molecule has 0 bridgehead atoms. The molecule has 2 aliphatic heterocycles. The van der Waals surface area contributed by atoms with Crippen molar-refractivity contribution < 1.29 is 9.59 Å². The van der Waals surface area contributed by atoms with Gasteiger partial charge in [-0.15, -0.1) is 0 Å². The van der Waals surface area contributed by atoms with Crippen LogP contribution >= 0.6 is 0 Å². The number of nitrogens with zero attached hydrogens (tertiary/aromatic N) is 5. The quantitative estimate of drug-likeness (QED) is 0.818. The molecule has 0 unspecified atom stereocenters. The van der Waals surface area contributed by atoms with E-state index in [1.807, 2.05) is 35.9 Å². The van der Waals surface area contributed by atoms with Gasteiger partial charge in [-0.1, -0.05) is 0 Å². The van der Waals surface area contributed by atoms with Gasteiger partial charge in [0.05, 0.1) is 16.8 Å². The number of carbonyl (C=O) groups excluding carboxylic acids is 2. The Morgan fingerprint density at radius 1 is 1.04 bits per heavy atom. The van der Waals surface area contributed by atoms with Gasteiger partial charge in [-0.3, -0.25) is 19.3 Å². The van der Waals surface area contributed by atoms with E-state index in [-0.39, 0.29) is 17.7 Å². The summed E-state index contributed by atoms with van der Waals surface area (Å²) < 4.78 is 1.68. The minimum absolute atomic E-state index is 0.0381. The van der Waals surface area contributed by atoms with Crippen molar-refractivity contribution in [1.82, 2.24) is 24.6 Å². The molecular formula is C21H27N5O2. The summed E-state index contributed by atoms with van der Waals surface area (Å²) in [4.78, 5) is 33.8. The fraction of sp³-hybridized carbons (Fsp3) is 0.524. The maximum absolute atomic E-state index is 12.9. The molecule has 0 aliphatic carbocycles. The Labute approximate surface area is 165 Å². The standard InChI is InChI=1S/C21H27N5O2/c1-15-18(14-24(2)23-15)21(28)26-11-5-6-17(13-26)19-8-7-16(12-22-19)20(27)25-9-3-4-10-25/h7-8,12,14,17H,3-6,9-11,13H2,1-2H3/t17-/m1/s1. The molecule has 4 heterocycles. The summed E-state index contributed by atoms with van der Waals surface area (Å²) in [5.41, 5.74) is 3.04. The number of hydrogen-bond donors (Lipinski definition) is 0. The Balaban J connectivity index is 1.45. The summed E-state index contributed by atoms with van der Waals surface area (Å²) >= 11 is 0. The van der Waals surface area contributed by atoms with E-state index < -0.39 is 0 Å². The van der Waals surface area contributed by atoms with Gasteiger partial charge in [0.2, 0.25) is 0 Å². The summed E-state index contributed by atoms with van der Waals surface area (Å²) in [5.74, 6) is 0.311. The van der Waals surface area contributed by atoms with Crippen molar-refractivity contribution >= 4 is 11.8 Å². The van der Waals surface area contributed by atoms with Crippen molar-refractivity contribution in [3.05, 3.63) is 47.0 Å². The molecule has 0 aromatic carbocycles. The van der Waals surface area contributed by atoms with Crippen LogP contribution in [0.25, 0.3) is 0 Å². The largest absolute Gasteiger partial charge is 0.339 e. The van der Waals surface area contributed by atoms with Crippen molar-refractivity contribution in [1.29, 1.82) is 0 Å². The second kappa shape index (κ2) is 7.73. The van der Waals surface area contributed by atoms with Crippen LogP contribution < -0.4 is 0 Å². The number of piperidine rings is 1. The molecule has 4 rings (SSSR count). The molecule has 7 nitrogen and oxygen atoms in total. The molecule has 1 atom stereocenters. The van der Waals surface area contributed by atoms with Crippen molar-refractivity contribution in [2.45, 2.75) is 38.5 Å². The minimum Gasteiger partial charge on any atom is -0.339 e. The fourth-order valence-electron chi connectivity index (χ4n) is 4.26. The molecule has 2 fully saturated rings. The first-order valence-corrected chi connectivity index (χ1v) is 10.1. The van der Waals surface area contributed by atoms with Crippen molar-refractivity contribution in [3.8, 4) is 0 Å². The number of hydrogen-bond acceptors (Lipinski definition) is 4. The number of likely N-dealkylation sites (tertiary alicyclic amines) is 2. The highest BCUT2D eigenvalue weighted by atomic mass is 16.2. The molecule has 28 heavy (non-hydrogen) atoms. The smallest absolute Gasteiger partial charge is 0.257 e. The summed E-state index contributed by atoms with van der Waals surface area (Å²) in [7, 11) is 1.83. The maximum Gasteiger partial charge on any atom is 0.257 e. The number of pyridine rings is 1. The van der Waals surface area contributed by atoms with Gasteiger partial charge in [-0.2, -0.15) is 5.10 Å². The first-order chi connectivity index (χ1) is 13.5. The van der Waals surface area contributed by atoms with Crippen molar-refractivity contribution in [3.63, 3.8) is 0 Å². The van der Waals surface area contributed by atoms with Crippen LogP contribution in [0.3, 0.4) is 0 Å². The predicted octanol–water partition coefficient (Wildman–Crippen LogP) is 2.38. The second-order valence-corrected chi connectivity index (χ2v) is 7.86. The summed E-state index contributed by atoms with van der Waals surface area (Å²) in [5, 5.41) is 4.28. The predicted molar refractivity (Wildman–Crippen MR) is 105 cm³/mol. The SMILES string of the molecule is Cc1nn(C)cc1C(=O)N1CCC[C@@H](c2ccc(C(=O)N3CCCC3)cn2)C1. The van der Waals surface area contributed by atoms with Crippen LogP contribution in [0.15, 0.2) is 24.5 Å². The third-order valence-electron chi connectivity index (χ3n) is 5.80. The molecule has 0 saturated carbocycles. The number of aryl methyl sites for hydroxylation is 2. The van der Waals surface area contributed by atoms with Gasteiger partial charge in [-0.25, -0.2) is 0 Å². The van der Waals surface area contributed by atoms with Crippen LogP contribution in [0, 0.1) is 6.92 Å². The molecule has 2 aromatic rings. The summed E-state index contributed by atoms with van der Waals surface area (Å²) in [6, 6.07) is 3.84. The zero-order chi connectivity index (χ0) is 19.7. The number of rotatable bonds is 3. The zero-order valence-corrected chi connectivity index (χ0v) is 16.6. The van der Waals surface area contributed by atoms with E-state index in [2.05, 4.69) is 10.1 Å². The van der Waals surface area contributed by atoms with Gasteiger partial charge < -0.3 is 9.80 Å². The lowest BCUT2D eigenvalue weighted by Crippen LogP contribution is -2.39. The molecule has 0 spiro atoms. The van der Waals surface area contributed by atoms with Crippen molar-refractivity contribution in [2.24, 2.45) is 7.05 Å². The van der Waals surface area contributed by atoms with E-state index in [1.165, 1.54) is 0 Å². The van der Waals surface area contributed by atoms with Gasteiger partial charge >= 0.3 is 0 Å². The second-order valence-electron chi connectivity index (χ2n) is 7.86. The van der Waals surface area contributed by atoms with E-state index >= 15 is 0 Å². The highest BCUT2D eigenvalue weighted by molar-refractivity contribution is 5.95. The number of amides is 2. The number of carbonyl (C=O) groups is 2. The number of aromatic nitrogens is 3. The lowest BCUT2D eigenvalue weighted by atomic mass is 9.93. The summed E-state index contributed by atoms with van der Waals surface area (Å²) in [6.45, 7) is 4.96. The first kappa shape index (κ1) is 18.7. The normalized spacial score (nSPS) is 19.9. The minimum atomic E-state index is 0.0381. The Hall–Kier alpha value is -2.70. The zero-order valence-electron chi connectivity index (χ0n) is 16.6. The molecule has 2 amide bonds.